The fourth-order valence-corrected chi connectivity index (χ4v) is 3.61. The predicted molar refractivity (Wildman–Crippen MR) is 117 cm³/mol. The second-order valence-electron chi connectivity index (χ2n) is 7.68. The number of ether oxygens (including phenoxy) is 4. The zero-order valence-electron chi connectivity index (χ0n) is 18.6. The Balaban J connectivity index is 1.92. The van der Waals surface area contributed by atoms with Crippen LogP contribution in [0.4, 0.5) is 0 Å². The summed E-state index contributed by atoms with van der Waals surface area (Å²) in [5, 5.41) is 24.2. The van der Waals surface area contributed by atoms with E-state index in [9.17, 15) is 19.8 Å². The molecule has 2 aromatic carbocycles. The highest BCUT2D eigenvalue weighted by Gasteiger charge is 2.53. The minimum atomic E-state index is -2.27. The van der Waals surface area contributed by atoms with Crippen LogP contribution in [0.3, 0.4) is 0 Å². The monoisotopic (exact) mass is 459 g/mol. The first-order valence-corrected chi connectivity index (χ1v) is 10.7. The lowest BCUT2D eigenvalue weighted by atomic mass is 9.93. The van der Waals surface area contributed by atoms with Crippen LogP contribution in [0, 0.1) is 0 Å². The van der Waals surface area contributed by atoms with Gasteiger partial charge in [0.05, 0.1) is 24.8 Å². The van der Waals surface area contributed by atoms with Crippen molar-refractivity contribution in [2.45, 2.75) is 43.9 Å². The number of carbonyl (C=O) groups excluding carboxylic acids is 2. The predicted octanol–water partition coefficient (Wildman–Crippen LogP) is 1.25. The molecule has 4 unspecified atom stereocenters. The first-order chi connectivity index (χ1) is 15.9. The Morgan fingerprint density at radius 1 is 1.09 bits per heavy atom. The van der Waals surface area contributed by atoms with Gasteiger partial charge in [-0.1, -0.05) is 49.4 Å². The number of methoxy groups -OCH3 is 1. The number of para-hydroxylation sites is 1. The van der Waals surface area contributed by atoms with E-state index in [0.717, 1.165) is 5.56 Å². The van der Waals surface area contributed by atoms with Gasteiger partial charge in [-0.3, -0.25) is 5.32 Å². The maximum absolute atomic E-state index is 12.1. The van der Waals surface area contributed by atoms with E-state index in [0.29, 0.717) is 6.42 Å². The molecule has 1 aliphatic rings. The molecule has 0 aromatic heterocycles. The van der Waals surface area contributed by atoms with Gasteiger partial charge in [0.15, 0.2) is 6.10 Å². The second kappa shape index (κ2) is 11.2. The topological polar surface area (TPSA) is 124 Å². The summed E-state index contributed by atoms with van der Waals surface area (Å²) in [6.45, 7) is 2.00. The molecular weight excluding hydrogens is 430 g/mol. The molecule has 4 atom stereocenters. The van der Waals surface area contributed by atoms with Crippen molar-refractivity contribution < 1.29 is 38.7 Å². The van der Waals surface area contributed by atoms with Crippen molar-refractivity contribution in [3.05, 3.63) is 65.7 Å². The molecule has 0 saturated carbocycles. The minimum Gasteiger partial charge on any atom is -0.475 e. The molecule has 3 N–H and O–H groups in total. The van der Waals surface area contributed by atoms with E-state index < -0.39 is 30.1 Å². The highest BCUT2D eigenvalue weighted by Crippen LogP contribution is 2.39. The number of carbonyl (C=O) groups is 2. The number of nitrogens with one attached hydrogen (secondary N) is 1. The molecular formula is C24H29NO8. The van der Waals surface area contributed by atoms with Crippen molar-refractivity contribution >= 4 is 11.9 Å². The van der Waals surface area contributed by atoms with Crippen LogP contribution < -0.4 is 10.1 Å². The third kappa shape index (κ3) is 5.88. The Kier molecular flexibility index (Phi) is 8.40. The number of benzene rings is 2. The zero-order chi connectivity index (χ0) is 23.8. The molecule has 1 heterocycles. The number of rotatable bonds is 11. The third-order valence-electron chi connectivity index (χ3n) is 5.29. The van der Waals surface area contributed by atoms with Crippen LogP contribution >= 0.6 is 0 Å². The van der Waals surface area contributed by atoms with E-state index >= 15 is 0 Å². The van der Waals surface area contributed by atoms with Crippen LogP contribution in [-0.4, -0.2) is 60.8 Å². The Morgan fingerprint density at radius 3 is 2.45 bits per heavy atom. The molecule has 0 radical (unpaired) electrons. The van der Waals surface area contributed by atoms with Crippen molar-refractivity contribution in [2.75, 3.05) is 20.3 Å². The molecule has 178 valence electrons. The summed E-state index contributed by atoms with van der Waals surface area (Å²) in [5.41, 5.74) is 0.919. The smallest absolute Gasteiger partial charge is 0.420 e. The Hall–Kier alpha value is -2.98. The number of cyclic esters (lactones) is 2. The maximum Gasteiger partial charge on any atom is 0.420 e. The van der Waals surface area contributed by atoms with Crippen LogP contribution in [-0.2, 0) is 36.0 Å². The molecule has 0 bridgehead atoms. The first-order valence-electron chi connectivity index (χ1n) is 10.7. The summed E-state index contributed by atoms with van der Waals surface area (Å²) in [6, 6.07) is 15.3. The lowest BCUT2D eigenvalue weighted by Crippen LogP contribution is -2.54. The number of aliphatic hydroxyl groups excluding tert-OH is 1. The average Bonchev–Trinajstić information content (AvgIpc) is 2.82. The summed E-state index contributed by atoms with van der Waals surface area (Å²) in [5.74, 6) is -4.49. The van der Waals surface area contributed by atoms with Gasteiger partial charge >= 0.3 is 11.9 Å². The van der Waals surface area contributed by atoms with Gasteiger partial charge in [-0.25, -0.2) is 9.59 Å². The van der Waals surface area contributed by atoms with Gasteiger partial charge in [0.25, 0.3) is 5.79 Å². The second-order valence-corrected chi connectivity index (χ2v) is 7.68. The highest BCUT2D eigenvalue weighted by atomic mass is 16.7. The SMILES string of the molecule is CCC(NC(CO)COC)Oc1ccccc1C1(O)OC(=O)C(=O)OC1Cc1ccccc1. The molecule has 0 amide bonds. The van der Waals surface area contributed by atoms with Gasteiger partial charge in [0.1, 0.15) is 12.0 Å². The first kappa shape index (κ1) is 24.7. The summed E-state index contributed by atoms with van der Waals surface area (Å²) in [4.78, 5) is 24.0. The lowest BCUT2D eigenvalue weighted by Gasteiger charge is -2.39. The standard InChI is InChI=1S/C24H29NO8/c1-3-21(25-17(14-26)15-30-2)31-19-12-8-7-11-18(19)24(29)20(32-22(27)23(28)33-24)13-16-9-5-4-6-10-16/h4-12,17,20-21,25-26,29H,3,13-15H2,1-2H3. The van der Waals surface area contributed by atoms with Crippen LogP contribution in [0.15, 0.2) is 54.6 Å². The van der Waals surface area contributed by atoms with Crippen molar-refractivity contribution in [3.8, 4) is 5.75 Å². The average molecular weight is 459 g/mol. The van der Waals surface area contributed by atoms with Crippen molar-refractivity contribution in [2.24, 2.45) is 0 Å². The summed E-state index contributed by atoms with van der Waals surface area (Å²) < 4.78 is 21.7. The van der Waals surface area contributed by atoms with E-state index in [1.165, 1.54) is 7.11 Å². The molecule has 1 aliphatic heterocycles. The fourth-order valence-electron chi connectivity index (χ4n) is 3.61. The molecule has 0 spiro atoms. The number of hydrogen-bond acceptors (Lipinski definition) is 9. The fraction of sp³-hybridized carbons (Fsp3) is 0.417. The van der Waals surface area contributed by atoms with Gasteiger partial charge < -0.3 is 29.2 Å². The molecule has 3 rings (SSSR count). The normalized spacial score (nSPS) is 22.2. The van der Waals surface area contributed by atoms with Gasteiger partial charge in [0.2, 0.25) is 0 Å². The molecule has 9 nitrogen and oxygen atoms in total. The maximum atomic E-state index is 12.1. The quantitative estimate of drug-likeness (QED) is 0.259. The van der Waals surface area contributed by atoms with E-state index in [2.05, 4.69) is 5.32 Å². The molecule has 0 aliphatic carbocycles. The summed E-state index contributed by atoms with van der Waals surface area (Å²) in [7, 11) is 1.53. The molecule has 1 fully saturated rings. The molecule has 2 aromatic rings. The van der Waals surface area contributed by atoms with Crippen molar-refractivity contribution in [1.82, 2.24) is 5.32 Å². The number of aliphatic hydroxyl groups is 2. The largest absolute Gasteiger partial charge is 0.475 e. The summed E-state index contributed by atoms with van der Waals surface area (Å²) >= 11 is 0. The van der Waals surface area contributed by atoms with Crippen molar-refractivity contribution in [3.63, 3.8) is 0 Å². The van der Waals surface area contributed by atoms with Crippen LogP contribution in [0.2, 0.25) is 0 Å². The summed E-state index contributed by atoms with van der Waals surface area (Å²) in [6.07, 6.45) is -1.10. The minimum absolute atomic E-state index is 0.112. The molecule has 1 saturated heterocycles. The van der Waals surface area contributed by atoms with E-state index in [1.807, 2.05) is 37.3 Å². The van der Waals surface area contributed by atoms with E-state index in [-0.39, 0.29) is 37.0 Å². The Bertz CT molecular complexity index is 937. The van der Waals surface area contributed by atoms with Crippen molar-refractivity contribution in [1.29, 1.82) is 0 Å². The van der Waals surface area contributed by atoms with Gasteiger partial charge in [-0.2, -0.15) is 0 Å². The number of hydrogen-bond donors (Lipinski definition) is 3. The highest BCUT2D eigenvalue weighted by molar-refractivity contribution is 6.30. The van der Waals surface area contributed by atoms with Crippen LogP contribution in [0.25, 0.3) is 0 Å². The lowest BCUT2D eigenvalue weighted by molar-refractivity contribution is -0.281. The zero-order valence-corrected chi connectivity index (χ0v) is 18.6. The van der Waals surface area contributed by atoms with E-state index in [1.54, 1.807) is 24.3 Å². The van der Waals surface area contributed by atoms with Gasteiger partial charge in [0, 0.05) is 13.5 Å². The van der Waals surface area contributed by atoms with Crippen LogP contribution in [0.1, 0.15) is 24.5 Å². The van der Waals surface area contributed by atoms with Gasteiger partial charge in [-0.15, -0.1) is 0 Å². The Morgan fingerprint density at radius 2 is 1.79 bits per heavy atom. The Labute approximate surface area is 192 Å². The number of esters is 2. The molecule has 9 heteroatoms. The third-order valence-corrected chi connectivity index (χ3v) is 5.29. The van der Waals surface area contributed by atoms with E-state index in [4.69, 9.17) is 18.9 Å². The van der Waals surface area contributed by atoms with Gasteiger partial charge in [-0.05, 0) is 24.1 Å². The van der Waals surface area contributed by atoms with Crippen LogP contribution in [0.5, 0.6) is 5.75 Å². The molecule has 33 heavy (non-hydrogen) atoms.